The molecule has 24 heteroatoms. The number of ketones is 2. The molecule has 0 atom stereocenters. The lowest BCUT2D eigenvalue weighted by molar-refractivity contribution is 0.105. The molecule has 0 saturated carbocycles. The SMILES string of the molecule is Nc1cc(S(=O)(=O)O)cc2c1C(=O)/C(=N/Nc1ccc(-c3ccc(N/N=C4\C(=O)c5c(N)cc(S(=O)(=O)O)cc5C=C4S(=O)(=O)O)cc3)cc1)C(S(=O)(=O)O)=C2. The largest absolute Gasteiger partial charge is 0.398 e. The highest BCUT2D eigenvalue weighted by atomic mass is 32.2. The van der Waals surface area contributed by atoms with Crippen LogP contribution in [0.25, 0.3) is 23.3 Å². The van der Waals surface area contributed by atoms with E-state index in [1.54, 1.807) is 24.3 Å². The lowest BCUT2D eigenvalue weighted by Gasteiger charge is -2.18. The Bertz CT molecular complexity index is 2790. The van der Waals surface area contributed by atoms with E-state index in [1.165, 1.54) is 24.3 Å². The smallest absolute Gasteiger partial charge is 0.296 e. The summed E-state index contributed by atoms with van der Waals surface area (Å²) >= 11 is 0. The lowest BCUT2D eigenvalue weighted by Crippen LogP contribution is -2.28. The molecule has 0 unspecified atom stereocenters. The number of Topliss-reactive ketones (excluding diaryl/α,β-unsaturated/α-hetero) is 2. The third-order valence-electron chi connectivity index (χ3n) is 8.12. The van der Waals surface area contributed by atoms with Gasteiger partial charge in [-0.15, -0.1) is 0 Å². The molecule has 10 N–H and O–H groups in total. The molecule has 0 heterocycles. The Morgan fingerprint density at radius 1 is 0.482 bits per heavy atom. The number of rotatable bonds is 9. The molecule has 6 rings (SSSR count). The summed E-state index contributed by atoms with van der Waals surface area (Å²) < 4.78 is 134. The van der Waals surface area contributed by atoms with Crippen molar-refractivity contribution >= 4 is 98.4 Å². The van der Waals surface area contributed by atoms with Crippen LogP contribution in [0.2, 0.25) is 0 Å². The molecule has 0 spiro atoms. The monoisotopic (exact) mass is 844 g/mol. The predicted octanol–water partition coefficient (Wildman–Crippen LogP) is 2.80. The minimum Gasteiger partial charge on any atom is -0.398 e. The van der Waals surface area contributed by atoms with Crippen molar-refractivity contribution in [2.45, 2.75) is 9.79 Å². The number of nitrogens with two attached hydrogens (primary N) is 2. The average molecular weight is 845 g/mol. The van der Waals surface area contributed by atoms with Crippen LogP contribution in [-0.2, 0) is 40.5 Å². The van der Waals surface area contributed by atoms with E-state index in [2.05, 4.69) is 21.1 Å². The zero-order valence-corrected chi connectivity index (χ0v) is 30.9. The fourth-order valence-electron chi connectivity index (χ4n) is 5.57. The Balaban J connectivity index is 1.22. The van der Waals surface area contributed by atoms with E-state index in [0.29, 0.717) is 11.1 Å². The highest BCUT2D eigenvalue weighted by Gasteiger charge is 2.36. The normalized spacial score (nSPS) is 16.2. The van der Waals surface area contributed by atoms with Gasteiger partial charge in [0, 0.05) is 11.4 Å². The Hall–Kier alpha value is -6.12. The van der Waals surface area contributed by atoms with Crippen LogP contribution in [0, 0.1) is 0 Å². The molecule has 2 aliphatic carbocycles. The summed E-state index contributed by atoms with van der Waals surface area (Å²) in [6, 6.07) is 15.7. The van der Waals surface area contributed by atoms with Crippen LogP contribution in [0.3, 0.4) is 0 Å². The van der Waals surface area contributed by atoms with Gasteiger partial charge in [-0.3, -0.25) is 38.7 Å². The zero-order valence-electron chi connectivity index (χ0n) is 27.6. The number of benzene rings is 4. The van der Waals surface area contributed by atoms with Crippen LogP contribution in [0.1, 0.15) is 31.8 Å². The number of anilines is 4. The molecule has 0 fully saturated rings. The van der Waals surface area contributed by atoms with Gasteiger partial charge >= 0.3 is 0 Å². The van der Waals surface area contributed by atoms with Gasteiger partial charge in [0.25, 0.3) is 40.5 Å². The topological polar surface area (TPSA) is 352 Å². The Labute approximate surface area is 316 Å². The van der Waals surface area contributed by atoms with E-state index in [4.69, 9.17) is 11.5 Å². The second-order valence-electron chi connectivity index (χ2n) is 11.8. The standard InChI is InChI=1S/C32H24N6O14S4/c33-23-13-21(53(41,42)43)9-17-11-25(55(47,48)49)29(31(39)27(17)23)37-35-19-5-1-15(2-6-19)16-3-7-20(8-4-16)36-38-30-26(56(50,51)52)12-18-10-22(54(44,45)46)14-24(34)28(18)32(30)40/h1-14,35-36H,33-34H2,(H,41,42,43)(H,44,45,46)(H,47,48,49)(H,50,51,52)/b37-29-,38-30+. The molecule has 0 amide bonds. The minimum absolute atomic E-state index is 0.245. The number of nitrogen functional groups attached to an aromatic ring is 2. The molecule has 0 bridgehead atoms. The number of carbonyl (C=O) groups excluding carboxylic acids is 2. The first-order valence-electron chi connectivity index (χ1n) is 15.1. The maximum absolute atomic E-state index is 13.3. The van der Waals surface area contributed by atoms with Crippen molar-refractivity contribution in [1.82, 2.24) is 0 Å². The van der Waals surface area contributed by atoms with Crippen molar-refractivity contribution in [2.75, 3.05) is 22.3 Å². The number of fused-ring (bicyclic) bond motifs is 2. The van der Waals surface area contributed by atoms with E-state index in [0.717, 1.165) is 36.4 Å². The van der Waals surface area contributed by atoms with Gasteiger partial charge < -0.3 is 11.5 Å². The summed E-state index contributed by atoms with van der Waals surface area (Å²) in [6.45, 7) is 0. The van der Waals surface area contributed by atoms with E-state index < -0.39 is 94.4 Å². The molecule has 4 aromatic carbocycles. The fraction of sp³-hybridized carbons (Fsp3) is 0. The minimum atomic E-state index is -5.09. The van der Waals surface area contributed by atoms with Crippen LogP contribution >= 0.6 is 0 Å². The van der Waals surface area contributed by atoms with Crippen LogP contribution in [0.4, 0.5) is 22.7 Å². The van der Waals surface area contributed by atoms with Gasteiger partial charge in [-0.25, -0.2) is 0 Å². The summed E-state index contributed by atoms with van der Waals surface area (Å²) in [5.41, 5.74) is 14.9. The molecule has 290 valence electrons. The van der Waals surface area contributed by atoms with Crippen LogP contribution in [-0.4, -0.2) is 74.9 Å². The summed E-state index contributed by atoms with van der Waals surface area (Å²) in [5.74, 6) is -2.14. The zero-order chi connectivity index (χ0) is 41.1. The number of allylic oxidation sites excluding steroid dienone is 2. The second-order valence-corrected chi connectivity index (χ2v) is 17.5. The van der Waals surface area contributed by atoms with E-state index in [1.807, 2.05) is 0 Å². The van der Waals surface area contributed by atoms with E-state index >= 15 is 0 Å². The third-order valence-corrected chi connectivity index (χ3v) is 11.5. The maximum atomic E-state index is 13.3. The van der Waals surface area contributed by atoms with Crippen LogP contribution in [0.5, 0.6) is 0 Å². The first-order valence-corrected chi connectivity index (χ1v) is 20.9. The summed E-state index contributed by atoms with van der Waals surface area (Å²) in [7, 11) is -19.8. The number of hydrogen-bond acceptors (Lipinski definition) is 16. The van der Waals surface area contributed by atoms with E-state index in [-0.39, 0.29) is 33.6 Å². The van der Waals surface area contributed by atoms with Crippen molar-refractivity contribution in [2.24, 2.45) is 10.2 Å². The van der Waals surface area contributed by atoms with Gasteiger partial charge in [-0.05, 0) is 82.9 Å². The average Bonchev–Trinajstić information content (AvgIpc) is 3.09. The molecule has 4 aromatic rings. The number of carbonyl (C=O) groups is 2. The quantitative estimate of drug-likeness (QED) is 0.0682. The summed E-state index contributed by atoms with van der Waals surface area (Å²) in [6.07, 6.45) is 1.56. The highest BCUT2D eigenvalue weighted by molar-refractivity contribution is 7.91. The van der Waals surface area contributed by atoms with Crippen molar-refractivity contribution in [3.05, 3.63) is 105 Å². The van der Waals surface area contributed by atoms with E-state index in [9.17, 15) is 61.5 Å². The molecule has 20 nitrogen and oxygen atoms in total. The molecule has 0 aliphatic heterocycles. The first-order chi connectivity index (χ1) is 25.9. The van der Waals surface area contributed by atoms with Gasteiger partial charge in [0.05, 0.1) is 32.3 Å². The Morgan fingerprint density at radius 2 is 0.804 bits per heavy atom. The molecule has 0 saturated heterocycles. The number of hydrogen-bond donors (Lipinski definition) is 8. The van der Waals surface area contributed by atoms with Crippen molar-refractivity contribution < 1.29 is 61.5 Å². The molecule has 2 aliphatic rings. The Morgan fingerprint density at radius 3 is 1.09 bits per heavy atom. The van der Waals surface area contributed by atoms with Crippen molar-refractivity contribution in [3.8, 4) is 11.1 Å². The van der Waals surface area contributed by atoms with Crippen molar-refractivity contribution in [3.63, 3.8) is 0 Å². The predicted molar refractivity (Wildman–Crippen MR) is 203 cm³/mol. The number of nitrogens with zero attached hydrogens (tertiary/aromatic N) is 2. The number of hydrazone groups is 2. The molecule has 0 aromatic heterocycles. The fourth-order valence-corrected chi connectivity index (χ4v) is 7.99. The summed E-state index contributed by atoms with van der Waals surface area (Å²) in [4.78, 5) is 23.2. The first kappa shape index (κ1) is 39.6. The van der Waals surface area contributed by atoms with Crippen LogP contribution < -0.4 is 22.3 Å². The summed E-state index contributed by atoms with van der Waals surface area (Å²) in [5, 5.41) is 7.73. The molecular formula is C32H24N6O14S4. The molecule has 0 radical (unpaired) electrons. The van der Waals surface area contributed by atoms with Gasteiger partial charge in [0.1, 0.15) is 9.81 Å². The van der Waals surface area contributed by atoms with Gasteiger partial charge in [0.15, 0.2) is 11.4 Å². The van der Waals surface area contributed by atoms with Gasteiger partial charge in [0.2, 0.25) is 11.6 Å². The molecular weight excluding hydrogens is 821 g/mol. The second kappa shape index (κ2) is 13.9. The highest BCUT2D eigenvalue weighted by Crippen LogP contribution is 2.34. The lowest BCUT2D eigenvalue weighted by atomic mass is 9.93. The van der Waals surface area contributed by atoms with Crippen LogP contribution in [0.15, 0.2) is 103 Å². The molecule has 56 heavy (non-hydrogen) atoms. The number of nitrogens with one attached hydrogen (secondary N) is 2. The van der Waals surface area contributed by atoms with Gasteiger partial charge in [-0.1, -0.05) is 24.3 Å². The Kier molecular flexibility index (Phi) is 9.80. The van der Waals surface area contributed by atoms with Crippen molar-refractivity contribution in [1.29, 1.82) is 0 Å². The van der Waals surface area contributed by atoms with Gasteiger partial charge in [-0.2, -0.15) is 43.9 Å². The maximum Gasteiger partial charge on any atom is 0.296 e. The third kappa shape index (κ3) is 7.84.